The van der Waals surface area contributed by atoms with E-state index in [1.54, 1.807) is 25.3 Å². The van der Waals surface area contributed by atoms with E-state index in [9.17, 15) is 9.90 Å². The fourth-order valence-corrected chi connectivity index (χ4v) is 2.23. The second-order valence-corrected chi connectivity index (χ2v) is 4.84. The molecule has 7 heteroatoms. The molecule has 0 bridgehead atoms. The van der Waals surface area contributed by atoms with E-state index in [0.29, 0.717) is 22.4 Å². The van der Waals surface area contributed by atoms with E-state index in [1.165, 1.54) is 6.08 Å². The van der Waals surface area contributed by atoms with Crippen LogP contribution in [0.3, 0.4) is 0 Å². The number of carbonyl (C=O) groups is 1. The fraction of sp³-hybridized carbons (Fsp3) is 0.0714. The average Bonchev–Trinajstić information content (AvgIpc) is 2.77. The second-order valence-electron chi connectivity index (χ2n) is 4.43. The minimum Gasteiger partial charge on any atom is -0.497 e. The van der Waals surface area contributed by atoms with Crippen molar-refractivity contribution in [1.29, 1.82) is 0 Å². The number of methoxy groups -OCH3 is 1. The van der Waals surface area contributed by atoms with Crippen LogP contribution in [0.2, 0.25) is 0 Å². The molecule has 0 saturated carbocycles. The standard InChI is InChI=1S/C14H11N3O3S/c1-20-9-3-2-7-4-8(12(18)15-10(7)6-9)5-11-13(19)17-14(21)16-11/h2-6,19H,1H3,(H2,16,17,21)/b8-5-. The molecule has 21 heavy (non-hydrogen) atoms. The number of hydrogen-bond acceptors (Lipinski definition) is 4. The van der Waals surface area contributed by atoms with Crippen LogP contribution in [0.25, 0.3) is 12.2 Å². The Labute approximate surface area is 124 Å². The quantitative estimate of drug-likeness (QED) is 0.565. The Bertz CT molecular complexity index is 937. The lowest BCUT2D eigenvalue weighted by Gasteiger charge is -2.04. The molecule has 1 aromatic heterocycles. The highest BCUT2D eigenvalue weighted by atomic mass is 32.1. The molecule has 0 fully saturated rings. The molecule has 0 saturated heterocycles. The Morgan fingerprint density at radius 2 is 2.19 bits per heavy atom. The van der Waals surface area contributed by atoms with Crippen LogP contribution >= 0.6 is 12.2 Å². The van der Waals surface area contributed by atoms with Gasteiger partial charge in [0, 0.05) is 16.9 Å². The van der Waals surface area contributed by atoms with Crippen molar-refractivity contribution in [2.24, 2.45) is 4.99 Å². The largest absolute Gasteiger partial charge is 0.497 e. The first kappa shape index (κ1) is 13.3. The van der Waals surface area contributed by atoms with E-state index in [2.05, 4.69) is 15.0 Å². The molecular weight excluding hydrogens is 290 g/mol. The van der Waals surface area contributed by atoms with Gasteiger partial charge in [-0.15, -0.1) is 0 Å². The number of aromatic nitrogens is 2. The van der Waals surface area contributed by atoms with Crippen LogP contribution < -0.4 is 15.3 Å². The lowest BCUT2D eigenvalue weighted by Crippen LogP contribution is -2.30. The lowest BCUT2D eigenvalue weighted by atomic mass is 10.1. The highest BCUT2D eigenvalue weighted by Crippen LogP contribution is 2.17. The van der Waals surface area contributed by atoms with Gasteiger partial charge in [-0.25, -0.2) is 4.99 Å². The van der Waals surface area contributed by atoms with Gasteiger partial charge in [0.15, 0.2) is 4.77 Å². The highest BCUT2D eigenvalue weighted by molar-refractivity contribution is 7.71. The van der Waals surface area contributed by atoms with Gasteiger partial charge in [0.05, 0.1) is 12.5 Å². The van der Waals surface area contributed by atoms with E-state index in [4.69, 9.17) is 17.0 Å². The zero-order valence-corrected chi connectivity index (χ0v) is 11.8. The molecule has 3 N–H and O–H groups in total. The number of fused-ring (bicyclic) bond motifs is 1. The van der Waals surface area contributed by atoms with E-state index in [0.717, 1.165) is 5.22 Å². The van der Waals surface area contributed by atoms with Crippen molar-refractivity contribution >= 4 is 30.3 Å². The Kier molecular flexibility index (Phi) is 3.19. The van der Waals surface area contributed by atoms with E-state index < -0.39 is 5.91 Å². The van der Waals surface area contributed by atoms with Crippen LogP contribution in [0.1, 0.15) is 5.69 Å². The summed E-state index contributed by atoms with van der Waals surface area (Å²) in [6, 6.07) is 5.30. The van der Waals surface area contributed by atoms with Gasteiger partial charge in [-0.2, -0.15) is 0 Å². The summed E-state index contributed by atoms with van der Waals surface area (Å²) in [6.07, 6.45) is 3.20. The van der Waals surface area contributed by atoms with Crippen molar-refractivity contribution < 1.29 is 14.6 Å². The van der Waals surface area contributed by atoms with E-state index in [-0.39, 0.29) is 10.7 Å². The maximum atomic E-state index is 12.0. The third kappa shape index (κ3) is 2.50. The average molecular weight is 301 g/mol. The SMILES string of the molecule is COc1ccc2c(c1)=NC(=O)/C(=C\c1[nH]c(=S)[nH]c1O)C=2. The Hall–Kier alpha value is -2.67. The Morgan fingerprint density at radius 3 is 2.86 bits per heavy atom. The van der Waals surface area contributed by atoms with Gasteiger partial charge in [0.2, 0.25) is 5.88 Å². The Balaban J connectivity index is 2.14. The van der Waals surface area contributed by atoms with Gasteiger partial charge in [-0.3, -0.25) is 4.79 Å². The van der Waals surface area contributed by atoms with Crippen molar-refractivity contribution in [2.75, 3.05) is 7.11 Å². The summed E-state index contributed by atoms with van der Waals surface area (Å²) in [5.74, 6) is 0.128. The number of amides is 1. The summed E-state index contributed by atoms with van der Waals surface area (Å²) in [4.78, 5) is 21.4. The van der Waals surface area contributed by atoms with E-state index in [1.807, 2.05) is 6.07 Å². The van der Waals surface area contributed by atoms with Crippen molar-refractivity contribution in [3.05, 3.63) is 44.8 Å². The number of hydrogen-bond donors (Lipinski definition) is 3. The number of rotatable bonds is 2. The minimum absolute atomic E-state index is 0.116. The number of aromatic amines is 2. The van der Waals surface area contributed by atoms with Crippen LogP contribution in [0.5, 0.6) is 11.6 Å². The van der Waals surface area contributed by atoms with Crippen molar-refractivity contribution in [3.8, 4) is 11.6 Å². The number of nitrogens with zero attached hydrogens (tertiary/aromatic N) is 1. The zero-order valence-electron chi connectivity index (χ0n) is 11.0. The monoisotopic (exact) mass is 301 g/mol. The molecule has 1 amide bonds. The number of imidazole rings is 1. The topological polar surface area (TPSA) is 90.5 Å². The smallest absolute Gasteiger partial charge is 0.277 e. The van der Waals surface area contributed by atoms with Crippen LogP contribution in [0, 0.1) is 4.77 Å². The van der Waals surface area contributed by atoms with Gasteiger partial charge in [-0.1, -0.05) is 0 Å². The van der Waals surface area contributed by atoms with Crippen LogP contribution in [-0.4, -0.2) is 28.1 Å². The molecule has 1 aromatic carbocycles. The van der Waals surface area contributed by atoms with Gasteiger partial charge in [0.1, 0.15) is 11.4 Å². The first-order valence-corrected chi connectivity index (χ1v) is 6.49. The third-order valence-corrected chi connectivity index (χ3v) is 3.26. The molecule has 0 atom stereocenters. The van der Waals surface area contributed by atoms with Gasteiger partial charge >= 0.3 is 0 Å². The maximum absolute atomic E-state index is 12.0. The fourth-order valence-electron chi connectivity index (χ4n) is 2.02. The molecule has 6 nitrogen and oxygen atoms in total. The molecule has 0 radical (unpaired) electrons. The molecule has 106 valence electrons. The predicted molar refractivity (Wildman–Crippen MR) is 78.9 cm³/mol. The van der Waals surface area contributed by atoms with Gasteiger partial charge < -0.3 is 19.8 Å². The molecule has 0 aliphatic carbocycles. The maximum Gasteiger partial charge on any atom is 0.277 e. The first-order chi connectivity index (χ1) is 10.1. The summed E-state index contributed by atoms with van der Waals surface area (Å²) >= 11 is 4.88. The molecule has 0 spiro atoms. The molecule has 2 heterocycles. The summed E-state index contributed by atoms with van der Waals surface area (Å²) in [7, 11) is 1.55. The zero-order chi connectivity index (χ0) is 15.0. The molecule has 1 aliphatic rings. The van der Waals surface area contributed by atoms with Crippen molar-refractivity contribution in [1.82, 2.24) is 9.97 Å². The number of benzene rings is 1. The number of nitrogens with one attached hydrogen (secondary N) is 2. The second kappa shape index (κ2) is 5.02. The number of ether oxygens (including phenoxy) is 1. The van der Waals surface area contributed by atoms with Crippen molar-refractivity contribution in [2.45, 2.75) is 0 Å². The summed E-state index contributed by atoms with van der Waals surface area (Å²) < 4.78 is 5.39. The van der Waals surface area contributed by atoms with Crippen molar-refractivity contribution in [3.63, 3.8) is 0 Å². The normalized spacial score (nSPS) is 15.3. The van der Waals surface area contributed by atoms with Crippen LogP contribution in [-0.2, 0) is 4.79 Å². The van der Waals surface area contributed by atoms with E-state index >= 15 is 0 Å². The molecule has 1 aliphatic heterocycles. The summed E-state index contributed by atoms with van der Waals surface area (Å²) in [5, 5.41) is 11.0. The summed E-state index contributed by atoms with van der Waals surface area (Å²) in [6.45, 7) is 0. The lowest BCUT2D eigenvalue weighted by molar-refractivity contribution is -0.114. The molecule has 3 rings (SSSR count). The number of aromatic hydroxyl groups is 1. The molecule has 0 unspecified atom stereocenters. The van der Waals surface area contributed by atoms with Crippen LogP contribution in [0.4, 0.5) is 0 Å². The molecule has 2 aromatic rings. The number of carbonyl (C=O) groups excluding carboxylic acids is 1. The first-order valence-electron chi connectivity index (χ1n) is 6.08. The molecular formula is C14H11N3O3S. The third-order valence-electron chi connectivity index (χ3n) is 3.05. The highest BCUT2D eigenvalue weighted by Gasteiger charge is 2.12. The van der Waals surface area contributed by atoms with Gasteiger partial charge in [-0.05, 0) is 36.5 Å². The summed E-state index contributed by atoms with van der Waals surface area (Å²) in [5.41, 5.74) is 0.694. The number of H-pyrrole nitrogens is 2. The minimum atomic E-state index is -0.393. The predicted octanol–water partition coefficient (Wildman–Crippen LogP) is 0.810. The van der Waals surface area contributed by atoms with Gasteiger partial charge in [0.25, 0.3) is 5.91 Å². The Morgan fingerprint density at radius 1 is 1.38 bits per heavy atom. The van der Waals surface area contributed by atoms with Crippen LogP contribution in [0.15, 0.2) is 28.8 Å².